The van der Waals surface area contributed by atoms with Crippen LogP contribution in [-0.2, 0) is 11.2 Å². The second-order valence-corrected chi connectivity index (χ2v) is 2.23. The fourth-order valence-electron chi connectivity index (χ4n) is 0.874. The minimum atomic E-state index is -0.903. The minimum absolute atomic E-state index is 0.0760. The average Bonchev–Trinajstić information content (AvgIpc) is 2.04. The summed E-state index contributed by atoms with van der Waals surface area (Å²) in [6, 6.07) is 3.33. The summed E-state index contributed by atoms with van der Waals surface area (Å²) >= 11 is 0. The molecule has 1 aromatic rings. The molecule has 0 unspecified atom stereocenters. The van der Waals surface area contributed by atoms with Gasteiger partial charge in [0.05, 0.1) is 6.42 Å². The molecule has 1 aromatic heterocycles. The summed E-state index contributed by atoms with van der Waals surface area (Å²) in [5, 5.41) is 8.49. The molecule has 0 aliphatic heterocycles. The first-order valence-corrected chi connectivity index (χ1v) is 3.36. The molecule has 0 aromatic carbocycles. The van der Waals surface area contributed by atoms with Crippen LogP contribution in [0.5, 0.6) is 0 Å². The molecular formula is C7H9N3O2. The van der Waals surface area contributed by atoms with Gasteiger partial charge in [-0.15, -0.1) is 0 Å². The van der Waals surface area contributed by atoms with Crippen LogP contribution < -0.4 is 11.3 Å². The summed E-state index contributed by atoms with van der Waals surface area (Å²) < 4.78 is 0. The van der Waals surface area contributed by atoms with Gasteiger partial charge >= 0.3 is 5.97 Å². The number of carbonyl (C=O) groups is 1. The van der Waals surface area contributed by atoms with Gasteiger partial charge in [-0.3, -0.25) is 4.79 Å². The van der Waals surface area contributed by atoms with Crippen LogP contribution in [-0.4, -0.2) is 16.1 Å². The average molecular weight is 167 g/mol. The number of nitrogens with zero attached hydrogens (tertiary/aromatic N) is 1. The molecule has 12 heavy (non-hydrogen) atoms. The lowest BCUT2D eigenvalue weighted by Crippen LogP contribution is -2.12. The van der Waals surface area contributed by atoms with Crippen molar-refractivity contribution in [3.8, 4) is 0 Å². The van der Waals surface area contributed by atoms with Crippen molar-refractivity contribution in [1.29, 1.82) is 0 Å². The summed E-state index contributed by atoms with van der Waals surface area (Å²) in [7, 11) is 0. The summed E-state index contributed by atoms with van der Waals surface area (Å²) in [5.41, 5.74) is 2.90. The van der Waals surface area contributed by atoms with Crippen molar-refractivity contribution >= 4 is 11.8 Å². The number of nitrogen functional groups attached to an aromatic ring is 1. The number of nitrogens with two attached hydrogens (primary N) is 1. The van der Waals surface area contributed by atoms with Gasteiger partial charge in [-0.1, -0.05) is 6.07 Å². The first kappa shape index (κ1) is 8.48. The number of hydrogen-bond donors (Lipinski definition) is 3. The standard InChI is InChI=1S/C7H9N3O2/c8-10-7-5(4-6(11)12)2-1-3-9-7/h1-3H,4,8H2,(H,9,10)(H,11,12). The monoisotopic (exact) mass is 167 g/mol. The van der Waals surface area contributed by atoms with Crippen LogP contribution >= 0.6 is 0 Å². The van der Waals surface area contributed by atoms with Crippen molar-refractivity contribution in [2.75, 3.05) is 5.43 Å². The molecule has 5 nitrogen and oxygen atoms in total. The highest BCUT2D eigenvalue weighted by Crippen LogP contribution is 2.09. The quantitative estimate of drug-likeness (QED) is 0.435. The van der Waals surface area contributed by atoms with Crippen LogP contribution in [0.25, 0.3) is 0 Å². The van der Waals surface area contributed by atoms with Crippen molar-refractivity contribution in [2.24, 2.45) is 5.84 Å². The van der Waals surface area contributed by atoms with E-state index in [-0.39, 0.29) is 6.42 Å². The molecule has 0 fully saturated rings. The van der Waals surface area contributed by atoms with E-state index in [2.05, 4.69) is 10.4 Å². The summed E-state index contributed by atoms with van der Waals surface area (Å²) in [4.78, 5) is 14.2. The Kier molecular flexibility index (Phi) is 2.60. The summed E-state index contributed by atoms with van der Waals surface area (Å²) in [5.74, 6) is 4.62. The zero-order valence-corrected chi connectivity index (χ0v) is 6.32. The van der Waals surface area contributed by atoms with E-state index in [4.69, 9.17) is 10.9 Å². The van der Waals surface area contributed by atoms with Crippen molar-refractivity contribution < 1.29 is 9.90 Å². The maximum absolute atomic E-state index is 10.3. The van der Waals surface area contributed by atoms with Gasteiger partial charge < -0.3 is 10.5 Å². The zero-order chi connectivity index (χ0) is 8.97. The van der Waals surface area contributed by atoms with Gasteiger partial charge in [-0.05, 0) is 6.07 Å². The number of rotatable bonds is 3. The molecule has 64 valence electrons. The molecule has 0 atom stereocenters. The van der Waals surface area contributed by atoms with Crippen molar-refractivity contribution in [2.45, 2.75) is 6.42 Å². The van der Waals surface area contributed by atoms with Crippen LogP contribution in [0, 0.1) is 0 Å². The van der Waals surface area contributed by atoms with Gasteiger partial charge in [0.1, 0.15) is 5.82 Å². The molecule has 0 saturated heterocycles. The smallest absolute Gasteiger partial charge is 0.307 e. The van der Waals surface area contributed by atoms with Crippen LogP contribution in [0.3, 0.4) is 0 Å². The normalized spacial score (nSPS) is 9.42. The first-order valence-electron chi connectivity index (χ1n) is 3.36. The molecule has 0 saturated carbocycles. The second-order valence-electron chi connectivity index (χ2n) is 2.23. The van der Waals surface area contributed by atoms with Gasteiger partial charge in [-0.2, -0.15) is 0 Å². The third kappa shape index (κ3) is 1.93. The SMILES string of the molecule is NNc1ncccc1CC(=O)O. The second kappa shape index (κ2) is 3.68. The molecule has 1 rings (SSSR count). The molecule has 0 spiro atoms. The van der Waals surface area contributed by atoms with Crippen molar-refractivity contribution in [1.82, 2.24) is 4.98 Å². The molecule has 0 bridgehead atoms. The van der Waals surface area contributed by atoms with Crippen LogP contribution in [0.1, 0.15) is 5.56 Å². The van der Waals surface area contributed by atoms with Crippen LogP contribution in [0.15, 0.2) is 18.3 Å². The lowest BCUT2D eigenvalue weighted by atomic mass is 10.2. The fourth-order valence-corrected chi connectivity index (χ4v) is 0.874. The number of aromatic nitrogens is 1. The third-order valence-electron chi connectivity index (χ3n) is 1.37. The fraction of sp³-hybridized carbons (Fsp3) is 0.143. The third-order valence-corrected chi connectivity index (χ3v) is 1.37. The van der Waals surface area contributed by atoms with Crippen molar-refractivity contribution in [3.05, 3.63) is 23.9 Å². The first-order chi connectivity index (χ1) is 5.74. The van der Waals surface area contributed by atoms with E-state index in [1.807, 2.05) is 0 Å². The number of hydrazine groups is 1. The Hall–Kier alpha value is -1.62. The lowest BCUT2D eigenvalue weighted by molar-refractivity contribution is -0.136. The Morgan fingerprint density at radius 2 is 2.50 bits per heavy atom. The van der Waals surface area contributed by atoms with E-state index in [9.17, 15) is 4.79 Å². The van der Waals surface area contributed by atoms with E-state index >= 15 is 0 Å². The van der Waals surface area contributed by atoms with Crippen LogP contribution in [0.2, 0.25) is 0 Å². The Morgan fingerprint density at radius 1 is 1.75 bits per heavy atom. The molecule has 5 heteroatoms. The Labute approximate surface area is 69.2 Å². The van der Waals surface area contributed by atoms with Crippen molar-refractivity contribution in [3.63, 3.8) is 0 Å². The van der Waals surface area contributed by atoms with Gasteiger partial charge in [0.2, 0.25) is 0 Å². The predicted molar refractivity (Wildman–Crippen MR) is 43.4 cm³/mol. The minimum Gasteiger partial charge on any atom is -0.481 e. The van der Waals surface area contributed by atoms with Gasteiger partial charge in [0.25, 0.3) is 0 Å². The van der Waals surface area contributed by atoms with Gasteiger partial charge in [0.15, 0.2) is 0 Å². The molecule has 4 N–H and O–H groups in total. The largest absolute Gasteiger partial charge is 0.481 e. The van der Waals surface area contributed by atoms with E-state index in [1.54, 1.807) is 18.3 Å². The molecule has 0 aliphatic rings. The highest BCUT2D eigenvalue weighted by Gasteiger charge is 2.05. The highest BCUT2D eigenvalue weighted by atomic mass is 16.4. The Morgan fingerprint density at radius 3 is 3.08 bits per heavy atom. The number of aliphatic carboxylic acids is 1. The topological polar surface area (TPSA) is 88.2 Å². The summed E-state index contributed by atoms with van der Waals surface area (Å²) in [6.07, 6.45) is 1.47. The Bertz CT molecular complexity index is 288. The maximum Gasteiger partial charge on any atom is 0.307 e. The van der Waals surface area contributed by atoms with Crippen LogP contribution in [0.4, 0.5) is 5.82 Å². The number of hydrogen-bond acceptors (Lipinski definition) is 4. The summed E-state index contributed by atoms with van der Waals surface area (Å²) in [6.45, 7) is 0. The highest BCUT2D eigenvalue weighted by molar-refractivity contribution is 5.72. The van der Waals surface area contributed by atoms with Gasteiger partial charge in [-0.25, -0.2) is 10.8 Å². The number of anilines is 1. The molecule has 0 amide bonds. The maximum atomic E-state index is 10.3. The van der Waals surface area contributed by atoms with E-state index in [1.165, 1.54) is 0 Å². The molecule has 0 aliphatic carbocycles. The molecule has 1 heterocycles. The number of carboxylic acids is 1. The Balaban J connectivity index is 2.89. The number of pyridine rings is 1. The molecular weight excluding hydrogens is 158 g/mol. The van der Waals surface area contributed by atoms with E-state index in [0.29, 0.717) is 11.4 Å². The van der Waals surface area contributed by atoms with Gasteiger partial charge in [0, 0.05) is 11.8 Å². The lowest BCUT2D eigenvalue weighted by Gasteiger charge is -2.03. The zero-order valence-electron chi connectivity index (χ0n) is 6.32. The molecule has 0 radical (unpaired) electrons. The van der Waals surface area contributed by atoms with E-state index < -0.39 is 5.97 Å². The predicted octanol–water partition coefficient (Wildman–Crippen LogP) is -0.00570. The number of carboxylic acid groups (broad SMARTS) is 1. The number of nitrogens with one attached hydrogen (secondary N) is 1. The van der Waals surface area contributed by atoms with E-state index in [0.717, 1.165) is 0 Å².